The number of rotatable bonds is 6. The third-order valence-electron chi connectivity index (χ3n) is 3.05. The number of hydrogen-bond donors (Lipinski definition) is 2. The number of thioether (sulfide) groups is 1. The van der Waals surface area contributed by atoms with Crippen LogP contribution in [0.25, 0.3) is 11.3 Å². The molecule has 1 atom stereocenters. The van der Waals surface area contributed by atoms with Gasteiger partial charge in [0.25, 0.3) is 5.91 Å². The van der Waals surface area contributed by atoms with E-state index in [1.165, 1.54) is 23.9 Å². The summed E-state index contributed by atoms with van der Waals surface area (Å²) in [6, 6.07) is 9.23. The maximum atomic E-state index is 13.7. The van der Waals surface area contributed by atoms with Crippen LogP contribution < -0.4 is 5.32 Å². The van der Waals surface area contributed by atoms with Crippen LogP contribution in [0.15, 0.2) is 40.8 Å². The number of carbonyl (C=O) groups is 1. The quantitative estimate of drug-likeness (QED) is 0.858. The van der Waals surface area contributed by atoms with Crippen LogP contribution in [0.2, 0.25) is 0 Å². The second-order valence-corrected chi connectivity index (χ2v) is 6.12. The molecule has 6 heteroatoms. The van der Waals surface area contributed by atoms with Crippen molar-refractivity contribution in [1.29, 1.82) is 0 Å². The molecule has 0 spiro atoms. The Labute approximate surface area is 132 Å². The van der Waals surface area contributed by atoms with Gasteiger partial charge in [0, 0.05) is 12.3 Å². The van der Waals surface area contributed by atoms with Crippen molar-refractivity contribution in [2.45, 2.75) is 12.5 Å². The molecule has 0 radical (unpaired) electrons. The Bertz CT molecular complexity index is 654. The van der Waals surface area contributed by atoms with Crippen molar-refractivity contribution in [3.63, 3.8) is 0 Å². The van der Waals surface area contributed by atoms with Crippen molar-refractivity contribution in [2.24, 2.45) is 0 Å². The smallest absolute Gasteiger partial charge is 0.287 e. The van der Waals surface area contributed by atoms with Gasteiger partial charge in [-0.2, -0.15) is 11.8 Å². The largest absolute Gasteiger partial charge is 0.451 e. The SMILES string of the molecule is CSCC(C)(O)CNC(=O)c1ccc(-c2ccccc2F)o1. The van der Waals surface area contributed by atoms with E-state index in [0.717, 1.165) is 0 Å². The Morgan fingerprint density at radius 3 is 2.77 bits per heavy atom. The van der Waals surface area contributed by atoms with Crippen molar-refractivity contribution < 1.29 is 18.7 Å². The minimum absolute atomic E-state index is 0.0817. The Morgan fingerprint density at radius 1 is 1.36 bits per heavy atom. The van der Waals surface area contributed by atoms with Crippen LogP contribution >= 0.6 is 11.8 Å². The zero-order chi connectivity index (χ0) is 16.2. The molecule has 0 saturated carbocycles. The molecule has 0 aliphatic rings. The van der Waals surface area contributed by atoms with Crippen molar-refractivity contribution in [3.8, 4) is 11.3 Å². The van der Waals surface area contributed by atoms with Crippen LogP contribution in [-0.2, 0) is 0 Å². The summed E-state index contributed by atoms with van der Waals surface area (Å²) in [6.07, 6.45) is 1.88. The van der Waals surface area contributed by atoms with E-state index in [-0.39, 0.29) is 12.3 Å². The van der Waals surface area contributed by atoms with Gasteiger partial charge in [0.15, 0.2) is 5.76 Å². The molecule has 22 heavy (non-hydrogen) atoms. The molecule has 1 aromatic heterocycles. The summed E-state index contributed by atoms with van der Waals surface area (Å²) in [5.74, 6) is 0.0272. The molecule has 2 N–H and O–H groups in total. The Morgan fingerprint density at radius 2 is 2.09 bits per heavy atom. The van der Waals surface area contributed by atoms with E-state index in [4.69, 9.17) is 4.42 Å². The van der Waals surface area contributed by atoms with E-state index < -0.39 is 17.3 Å². The highest BCUT2D eigenvalue weighted by molar-refractivity contribution is 7.98. The lowest BCUT2D eigenvalue weighted by Gasteiger charge is -2.22. The summed E-state index contributed by atoms with van der Waals surface area (Å²) in [5.41, 5.74) is -0.688. The third-order valence-corrected chi connectivity index (χ3v) is 3.96. The lowest BCUT2D eigenvalue weighted by Crippen LogP contribution is -2.42. The van der Waals surface area contributed by atoms with Gasteiger partial charge < -0.3 is 14.8 Å². The number of aliphatic hydroxyl groups is 1. The van der Waals surface area contributed by atoms with Gasteiger partial charge in [0.05, 0.1) is 11.2 Å². The molecule has 0 aliphatic heterocycles. The van der Waals surface area contributed by atoms with E-state index in [0.29, 0.717) is 17.1 Å². The second kappa shape index (κ2) is 6.98. The fourth-order valence-corrected chi connectivity index (χ4v) is 2.71. The summed E-state index contributed by atoms with van der Waals surface area (Å²) in [7, 11) is 0. The molecule has 118 valence electrons. The van der Waals surface area contributed by atoms with Crippen molar-refractivity contribution in [1.82, 2.24) is 5.32 Å². The molecule has 0 fully saturated rings. The number of carbonyl (C=O) groups excluding carboxylic acids is 1. The van der Waals surface area contributed by atoms with Gasteiger partial charge in [-0.15, -0.1) is 0 Å². The van der Waals surface area contributed by atoms with Gasteiger partial charge in [-0.1, -0.05) is 12.1 Å². The highest BCUT2D eigenvalue weighted by atomic mass is 32.2. The highest BCUT2D eigenvalue weighted by Crippen LogP contribution is 2.24. The fraction of sp³-hybridized carbons (Fsp3) is 0.312. The predicted octanol–water partition coefficient (Wildman–Crippen LogP) is 2.93. The molecule has 2 aromatic rings. The predicted molar refractivity (Wildman–Crippen MR) is 85.4 cm³/mol. The maximum absolute atomic E-state index is 13.7. The Hall–Kier alpha value is -1.79. The molecule has 4 nitrogen and oxygen atoms in total. The summed E-state index contributed by atoms with van der Waals surface area (Å²) < 4.78 is 19.1. The van der Waals surface area contributed by atoms with Crippen LogP contribution in [0.5, 0.6) is 0 Å². The zero-order valence-electron chi connectivity index (χ0n) is 12.4. The minimum Gasteiger partial charge on any atom is -0.451 e. The second-order valence-electron chi connectivity index (χ2n) is 5.26. The first-order valence-corrected chi connectivity index (χ1v) is 8.16. The van der Waals surface area contributed by atoms with Crippen molar-refractivity contribution >= 4 is 17.7 Å². The number of nitrogens with one attached hydrogen (secondary N) is 1. The van der Waals surface area contributed by atoms with Crippen LogP contribution in [0.3, 0.4) is 0 Å². The molecule has 1 unspecified atom stereocenters. The molecule has 0 bridgehead atoms. The van der Waals surface area contributed by atoms with Crippen molar-refractivity contribution in [3.05, 3.63) is 48.0 Å². The molecular formula is C16H18FNO3S. The molecule has 2 rings (SSSR count). The lowest BCUT2D eigenvalue weighted by atomic mass is 10.1. The van der Waals surface area contributed by atoms with E-state index in [1.807, 2.05) is 6.26 Å². The molecule has 0 aliphatic carbocycles. The van der Waals surface area contributed by atoms with Gasteiger partial charge in [0.2, 0.25) is 0 Å². The van der Waals surface area contributed by atoms with Gasteiger partial charge >= 0.3 is 0 Å². The van der Waals surface area contributed by atoms with Gasteiger partial charge in [-0.3, -0.25) is 4.79 Å². The number of amides is 1. The minimum atomic E-state index is -0.990. The number of benzene rings is 1. The highest BCUT2D eigenvalue weighted by Gasteiger charge is 2.22. The molecule has 1 amide bonds. The van der Waals surface area contributed by atoms with E-state index in [9.17, 15) is 14.3 Å². The molecule has 1 aromatic carbocycles. The molecular weight excluding hydrogens is 305 g/mol. The van der Waals surface area contributed by atoms with E-state index in [1.54, 1.807) is 31.2 Å². The topological polar surface area (TPSA) is 62.5 Å². The number of hydrogen-bond acceptors (Lipinski definition) is 4. The standard InChI is InChI=1S/C16H18FNO3S/c1-16(20,10-22-2)9-18-15(19)14-8-7-13(21-14)11-5-3-4-6-12(11)17/h3-8,20H,9-10H2,1-2H3,(H,18,19). The lowest BCUT2D eigenvalue weighted by molar-refractivity contribution is 0.0710. The van der Waals surface area contributed by atoms with Gasteiger partial charge in [-0.05, 0) is 37.4 Å². The zero-order valence-corrected chi connectivity index (χ0v) is 13.2. The van der Waals surface area contributed by atoms with Crippen LogP contribution in [0.1, 0.15) is 17.5 Å². The average molecular weight is 323 g/mol. The van der Waals surface area contributed by atoms with Crippen LogP contribution in [0.4, 0.5) is 4.39 Å². The van der Waals surface area contributed by atoms with Gasteiger partial charge in [0.1, 0.15) is 11.6 Å². The normalized spacial score (nSPS) is 13.6. The maximum Gasteiger partial charge on any atom is 0.287 e. The van der Waals surface area contributed by atoms with Crippen molar-refractivity contribution in [2.75, 3.05) is 18.6 Å². The average Bonchev–Trinajstić information content (AvgIpc) is 2.95. The Kier molecular flexibility index (Phi) is 5.26. The first-order valence-electron chi connectivity index (χ1n) is 6.77. The summed E-state index contributed by atoms with van der Waals surface area (Å²) >= 11 is 1.49. The van der Waals surface area contributed by atoms with E-state index >= 15 is 0 Å². The monoisotopic (exact) mass is 323 g/mol. The Balaban J connectivity index is 2.05. The fourth-order valence-electron chi connectivity index (χ4n) is 1.99. The third kappa shape index (κ3) is 4.11. The molecule has 1 heterocycles. The van der Waals surface area contributed by atoms with Crippen LogP contribution in [0, 0.1) is 5.82 Å². The summed E-state index contributed by atoms with van der Waals surface area (Å²) in [5, 5.41) is 12.6. The molecule has 0 saturated heterocycles. The van der Waals surface area contributed by atoms with Crippen LogP contribution in [-0.4, -0.2) is 35.2 Å². The number of halogens is 1. The summed E-state index contributed by atoms with van der Waals surface area (Å²) in [4.78, 5) is 12.0. The first-order chi connectivity index (χ1) is 10.4. The van der Waals surface area contributed by atoms with E-state index in [2.05, 4.69) is 5.32 Å². The van der Waals surface area contributed by atoms with Gasteiger partial charge in [-0.25, -0.2) is 4.39 Å². The number of furan rings is 1. The first kappa shape index (κ1) is 16.6. The summed E-state index contributed by atoms with van der Waals surface area (Å²) in [6.45, 7) is 1.76.